The Morgan fingerprint density at radius 2 is 1.47 bits per heavy atom. The van der Waals surface area contributed by atoms with E-state index in [1.165, 1.54) is 6.20 Å². The van der Waals surface area contributed by atoms with Crippen molar-refractivity contribution in [3.8, 4) is 39.5 Å². The van der Waals surface area contributed by atoms with Crippen molar-refractivity contribution in [1.29, 1.82) is 0 Å². The van der Waals surface area contributed by atoms with Crippen LogP contribution in [0.15, 0.2) is 174 Å². The van der Waals surface area contributed by atoms with Crippen LogP contribution >= 0.6 is 0 Å². The number of hydrogen-bond acceptors (Lipinski definition) is 3. The number of rotatable bonds is 6. The maximum absolute atomic E-state index is 8.87. The molecule has 0 spiro atoms. The number of benzene rings is 6. The molecular formula is C46H33IrN3O-2. The molecule has 0 amide bonds. The van der Waals surface area contributed by atoms with Gasteiger partial charge in [0, 0.05) is 50.7 Å². The van der Waals surface area contributed by atoms with E-state index in [1.807, 2.05) is 97.1 Å². The predicted molar refractivity (Wildman–Crippen MR) is 203 cm³/mol. The summed E-state index contributed by atoms with van der Waals surface area (Å²) in [7, 11) is 0. The number of hydrogen-bond donors (Lipinski definition) is 0. The maximum Gasteiger partial charge on any atom is 0.0774 e. The van der Waals surface area contributed by atoms with E-state index in [4.69, 9.17) is 16.3 Å². The summed E-state index contributed by atoms with van der Waals surface area (Å²) in [6.45, 7) is -2.09. The number of nitrogens with zero attached hydrogens (tertiary/aromatic N) is 3. The van der Waals surface area contributed by atoms with E-state index in [2.05, 4.69) is 64.3 Å². The van der Waals surface area contributed by atoms with Crippen molar-refractivity contribution in [3.05, 3.63) is 199 Å². The largest absolute Gasteiger partial charge is 0.557 e. The van der Waals surface area contributed by atoms with Crippen LogP contribution in [0.2, 0.25) is 0 Å². The molecule has 0 saturated carbocycles. The van der Waals surface area contributed by atoms with Crippen LogP contribution in [0.4, 0.5) is 0 Å². The van der Waals surface area contributed by atoms with Gasteiger partial charge in [0.2, 0.25) is 0 Å². The van der Waals surface area contributed by atoms with Gasteiger partial charge in [0.1, 0.15) is 0 Å². The van der Waals surface area contributed by atoms with Crippen LogP contribution < -0.4 is 0 Å². The van der Waals surface area contributed by atoms with Gasteiger partial charge in [0.15, 0.2) is 0 Å². The third-order valence-corrected chi connectivity index (χ3v) is 8.34. The number of furan rings is 1. The fourth-order valence-electron chi connectivity index (χ4n) is 5.90. The second kappa shape index (κ2) is 15.3. The average Bonchev–Trinajstić information content (AvgIpc) is 3.83. The Bertz CT molecular complexity index is 2700. The molecule has 9 rings (SSSR count). The van der Waals surface area contributed by atoms with Gasteiger partial charge in [-0.05, 0) is 65.4 Å². The van der Waals surface area contributed by atoms with Crippen molar-refractivity contribution in [1.82, 2.24) is 14.5 Å². The predicted octanol–water partition coefficient (Wildman–Crippen LogP) is 11.4. The Hall–Kier alpha value is -5.87. The van der Waals surface area contributed by atoms with Gasteiger partial charge in [-0.2, -0.15) is 0 Å². The van der Waals surface area contributed by atoms with E-state index < -0.39 is 13.2 Å². The van der Waals surface area contributed by atoms with Crippen molar-refractivity contribution < 1.29 is 31.4 Å². The maximum atomic E-state index is 8.87. The zero-order valence-electron chi connectivity index (χ0n) is 32.2. The summed E-state index contributed by atoms with van der Waals surface area (Å²) in [6.07, 6.45) is 2.80. The van der Waals surface area contributed by atoms with Crippen molar-refractivity contribution in [2.24, 2.45) is 0 Å². The summed E-state index contributed by atoms with van der Waals surface area (Å²) in [5.74, 6) is 0.694. The first-order valence-corrected chi connectivity index (χ1v) is 16.2. The SMILES string of the molecule is [2H]C([2H])([2H])c1ccc(-c2[c-]cccc2)nc1.[2H]C([2H])(c1ccccc1)c1ccc2o[c-]c(-c3nc4ccccc4n3-c3ccc(-c4ccccc4)cc3)c2c1.[Ir]. The molecule has 0 saturated heterocycles. The van der Waals surface area contributed by atoms with Crippen LogP contribution in [0.3, 0.4) is 0 Å². The third kappa shape index (κ3) is 7.36. The van der Waals surface area contributed by atoms with Gasteiger partial charge >= 0.3 is 0 Å². The zero-order valence-corrected chi connectivity index (χ0v) is 29.6. The molecule has 1 radical (unpaired) electrons. The molecule has 6 aromatic carbocycles. The first-order chi connectivity index (χ1) is 26.7. The van der Waals surface area contributed by atoms with Gasteiger partial charge in [-0.3, -0.25) is 4.98 Å². The molecule has 0 fully saturated rings. The molecular weight excluding hydrogens is 803 g/mol. The summed E-state index contributed by atoms with van der Waals surface area (Å²) in [5, 5.41) is 0.768. The van der Waals surface area contributed by atoms with Gasteiger partial charge < -0.3 is 14.0 Å². The van der Waals surface area contributed by atoms with E-state index in [0.717, 1.165) is 44.5 Å². The zero-order chi connectivity index (χ0) is 38.0. The van der Waals surface area contributed by atoms with Crippen LogP contribution in [0.1, 0.15) is 23.5 Å². The Balaban J connectivity index is 0.000000238. The van der Waals surface area contributed by atoms with E-state index >= 15 is 0 Å². The second-order valence-corrected chi connectivity index (χ2v) is 11.7. The van der Waals surface area contributed by atoms with Gasteiger partial charge in [0.25, 0.3) is 0 Å². The molecule has 51 heavy (non-hydrogen) atoms. The number of fused-ring (bicyclic) bond motifs is 2. The van der Waals surface area contributed by atoms with Gasteiger partial charge in [-0.1, -0.05) is 132 Å². The van der Waals surface area contributed by atoms with Crippen molar-refractivity contribution >= 4 is 22.0 Å². The number of para-hydroxylation sites is 2. The van der Waals surface area contributed by atoms with Gasteiger partial charge in [-0.25, -0.2) is 0 Å². The summed E-state index contributed by atoms with van der Waals surface area (Å²) in [4.78, 5) is 9.11. The van der Waals surface area contributed by atoms with E-state index in [-0.39, 0.29) is 25.7 Å². The van der Waals surface area contributed by atoms with E-state index in [1.54, 1.807) is 24.3 Å². The fraction of sp³-hybridized carbons (Fsp3) is 0.0435. The van der Waals surface area contributed by atoms with Crippen LogP contribution in [-0.4, -0.2) is 14.5 Å². The molecule has 0 unspecified atom stereocenters. The Kier molecular flexibility index (Phi) is 8.40. The molecule has 0 aliphatic carbocycles. The molecule has 0 N–H and O–H groups in total. The molecule has 249 valence electrons. The molecule has 5 heteroatoms. The normalized spacial score (nSPS) is 12.7. The van der Waals surface area contributed by atoms with Crippen LogP contribution in [0.25, 0.3) is 61.5 Å². The Labute approximate surface area is 318 Å². The molecule has 4 nitrogen and oxygen atoms in total. The quantitative estimate of drug-likeness (QED) is 0.157. The Morgan fingerprint density at radius 3 is 2.22 bits per heavy atom. The third-order valence-electron chi connectivity index (χ3n) is 8.34. The minimum Gasteiger partial charge on any atom is -0.557 e. The number of imidazole rings is 1. The Morgan fingerprint density at radius 1 is 0.725 bits per heavy atom. The average molecular weight is 841 g/mol. The summed E-state index contributed by atoms with van der Waals surface area (Å²) in [5.41, 5.74) is 9.42. The molecule has 0 atom stereocenters. The van der Waals surface area contributed by atoms with Crippen molar-refractivity contribution in [2.75, 3.05) is 0 Å². The van der Waals surface area contributed by atoms with E-state index in [9.17, 15) is 0 Å². The fourth-order valence-corrected chi connectivity index (χ4v) is 5.90. The molecule has 0 aliphatic rings. The standard InChI is InChI=1S/C34H23N2O.C12H10N.Ir/c1-3-9-24(10-4-1)21-25-15-20-33-29(22-25)30(23-37-33)34-35-31-13-7-8-14-32(31)36(34)28-18-16-27(17-19-28)26-11-5-2-6-12-26;1-10-7-8-12(13-9-10)11-5-3-2-4-6-11;/h1-20,22H,21H2;2-5,7-9H,1H3;/q2*-1;/i21D2;1D3;. The van der Waals surface area contributed by atoms with E-state index in [0.29, 0.717) is 28.1 Å². The second-order valence-electron chi connectivity index (χ2n) is 11.7. The first-order valence-electron chi connectivity index (χ1n) is 18.7. The number of aryl methyl sites for hydroxylation is 1. The summed E-state index contributed by atoms with van der Waals surface area (Å²) in [6, 6.07) is 55.2. The van der Waals surface area contributed by atoms with Crippen molar-refractivity contribution in [2.45, 2.75) is 13.2 Å². The molecule has 0 bridgehead atoms. The molecule has 0 aliphatic heterocycles. The van der Waals surface area contributed by atoms with Gasteiger partial charge in [-0.15, -0.1) is 35.9 Å². The monoisotopic (exact) mass is 841 g/mol. The number of aromatic nitrogens is 3. The molecule has 3 aromatic heterocycles. The summed E-state index contributed by atoms with van der Waals surface area (Å²) >= 11 is 0. The van der Waals surface area contributed by atoms with Crippen molar-refractivity contribution in [3.63, 3.8) is 0 Å². The smallest absolute Gasteiger partial charge is 0.0774 e. The first kappa shape index (κ1) is 27.9. The minimum absolute atomic E-state index is 0. The molecule has 9 aromatic rings. The van der Waals surface area contributed by atoms with Crippen LogP contribution in [0.5, 0.6) is 0 Å². The number of pyridine rings is 1. The summed E-state index contributed by atoms with van der Waals surface area (Å²) < 4.78 is 47.4. The topological polar surface area (TPSA) is 43.9 Å². The van der Waals surface area contributed by atoms with Crippen LogP contribution in [0, 0.1) is 19.2 Å². The minimum atomic E-state index is -2.09. The van der Waals surface area contributed by atoms with Crippen LogP contribution in [-0.2, 0) is 26.5 Å². The van der Waals surface area contributed by atoms with Gasteiger partial charge in [0.05, 0.1) is 16.9 Å². The molecule has 3 heterocycles.